The van der Waals surface area contributed by atoms with Gasteiger partial charge in [0.15, 0.2) is 0 Å². The van der Waals surface area contributed by atoms with E-state index >= 15 is 0 Å². The molecule has 0 saturated heterocycles. The van der Waals surface area contributed by atoms with Crippen LogP contribution < -0.4 is 0 Å². The van der Waals surface area contributed by atoms with Gasteiger partial charge in [-0.3, -0.25) is 4.52 Å². The Labute approximate surface area is 71.2 Å². The Morgan fingerprint density at radius 3 is 2.08 bits per heavy atom. The van der Waals surface area contributed by atoms with E-state index in [1.165, 1.54) is 14.2 Å². The van der Waals surface area contributed by atoms with Crippen molar-refractivity contribution in [2.45, 2.75) is 6.42 Å². The maximum atomic E-state index is 11.2. The summed E-state index contributed by atoms with van der Waals surface area (Å²) in [7, 11) is -1.36. The van der Waals surface area contributed by atoms with Gasteiger partial charge in [0.2, 0.25) is 0 Å². The molecular weight excluding hydrogens is 187 g/mol. The molecule has 0 aromatic carbocycles. The maximum Gasteiger partial charge on any atom is 0.529 e. The van der Waals surface area contributed by atoms with Gasteiger partial charge < -0.3 is 0 Å². The second-order valence-electron chi connectivity index (χ2n) is 1.62. The summed E-state index contributed by atoms with van der Waals surface area (Å²) < 4.78 is 24.3. The molecule has 0 atom stereocenters. The van der Waals surface area contributed by atoms with Crippen molar-refractivity contribution >= 4 is 7.82 Å². The summed E-state index contributed by atoms with van der Waals surface area (Å²) in [6.45, 7) is 3.60. The van der Waals surface area contributed by atoms with E-state index in [2.05, 4.69) is 30.6 Å². The highest BCUT2D eigenvalue weighted by atomic mass is 31.2. The van der Waals surface area contributed by atoms with Crippen LogP contribution in [0.2, 0.25) is 0 Å². The van der Waals surface area contributed by atoms with Crippen LogP contribution in [0, 0.1) is 6.92 Å². The van der Waals surface area contributed by atoms with Crippen LogP contribution in [-0.4, -0.2) is 20.8 Å². The Bertz CT molecular complexity index is 139. The zero-order valence-corrected chi connectivity index (χ0v) is 7.91. The first kappa shape index (κ1) is 12.0. The smallest absolute Gasteiger partial charge is 0.284 e. The number of rotatable bonds is 7. The summed E-state index contributed by atoms with van der Waals surface area (Å²) in [5.74, 6) is 0. The van der Waals surface area contributed by atoms with Crippen LogP contribution >= 0.6 is 7.82 Å². The van der Waals surface area contributed by atoms with Crippen LogP contribution in [0.15, 0.2) is 0 Å². The summed E-state index contributed by atoms with van der Waals surface area (Å²) in [6.07, 6.45) is 0.435. The van der Waals surface area contributed by atoms with Gasteiger partial charge >= 0.3 is 7.82 Å². The molecule has 0 aliphatic carbocycles. The second kappa shape index (κ2) is 6.54. The van der Waals surface area contributed by atoms with E-state index in [9.17, 15) is 4.57 Å². The first-order chi connectivity index (χ1) is 5.68. The average molecular weight is 199 g/mol. The molecule has 0 N–H and O–H groups in total. The van der Waals surface area contributed by atoms with Gasteiger partial charge in [0.25, 0.3) is 0 Å². The molecule has 0 aliphatic rings. The van der Waals surface area contributed by atoms with E-state index in [0.29, 0.717) is 6.42 Å². The van der Waals surface area contributed by atoms with Crippen molar-refractivity contribution in [1.82, 2.24) is 0 Å². The van der Waals surface area contributed by atoms with E-state index in [1.807, 2.05) is 0 Å². The number of hydrogen-bond acceptors (Lipinski definition) is 6. The van der Waals surface area contributed by atoms with Crippen molar-refractivity contribution < 1.29 is 28.2 Å². The highest BCUT2D eigenvalue weighted by molar-refractivity contribution is 7.48. The molecule has 7 heteroatoms. The van der Waals surface area contributed by atoms with Crippen LogP contribution in [0.25, 0.3) is 0 Å². The van der Waals surface area contributed by atoms with Gasteiger partial charge in [-0.2, -0.15) is 0 Å². The lowest BCUT2D eigenvalue weighted by Crippen LogP contribution is -1.99. The van der Waals surface area contributed by atoms with E-state index in [-0.39, 0.29) is 6.61 Å². The molecule has 0 bridgehead atoms. The van der Waals surface area contributed by atoms with Crippen molar-refractivity contribution in [3.63, 3.8) is 0 Å². The second-order valence-corrected chi connectivity index (χ2v) is 3.07. The minimum atomic E-state index is -3.72. The van der Waals surface area contributed by atoms with Crippen molar-refractivity contribution in [3.8, 4) is 0 Å². The normalized spacial score (nSPS) is 11.9. The van der Waals surface area contributed by atoms with E-state index in [4.69, 9.17) is 0 Å². The fourth-order valence-electron chi connectivity index (χ4n) is 0.414. The largest absolute Gasteiger partial charge is 0.529 e. The van der Waals surface area contributed by atoms with Gasteiger partial charge in [0.1, 0.15) is 0 Å². The predicted octanol–water partition coefficient (Wildman–Crippen LogP) is 1.49. The van der Waals surface area contributed by atoms with E-state index in [1.54, 1.807) is 0 Å². The summed E-state index contributed by atoms with van der Waals surface area (Å²) in [5, 5.41) is 0. The van der Waals surface area contributed by atoms with Gasteiger partial charge in [-0.1, -0.05) is 6.92 Å². The highest BCUT2D eigenvalue weighted by Crippen LogP contribution is 2.49. The molecule has 1 radical (unpaired) electrons. The molecular formula is C5H12O6P. The van der Waals surface area contributed by atoms with Gasteiger partial charge in [-0.05, 0) is 6.42 Å². The van der Waals surface area contributed by atoms with E-state index < -0.39 is 7.82 Å². The highest BCUT2D eigenvalue weighted by Gasteiger charge is 2.28. The van der Waals surface area contributed by atoms with Crippen molar-refractivity contribution in [2.75, 3.05) is 20.8 Å². The predicted molar refractivity (Wildman–Crippen MR) is 39.7 cm³/mol. The summed E-state index contributed by atoms with van der Waals surface area (Å²) in [5.41, 5.74) is 0. The lowest BCUT2D eigenvalue weighted by atomic mass is 10.5. The zero-order valence-electron chi connectivity index (χ0n) is 7.02. The average Bonchev–Trinajstić information content (AvgIpc) is 2.02. The minimum Gasteiger partial charge on any atom is -0.284 e. The lowest BCUT2D eigenvalue weighted by Gasteiger charge is -2.12. The van der Waals surface area contributed by atoms with Crippen LogP contribution in [0.3, 0.4) is 0 Å². The molecule has 0 spiro atoms. The van der Waals surface area contributed by atoms with Crippen LogP contribution in [0.4, 0.5) is 0 Å². The molecule has 0 aromatic heterocycles. The molecule has 0 aromatic rings. The monoisotopic (exact) mass is 199 g/mol. The summed E-state index contributed by atoms with van der Waals surface area (Å²) in [6, 6.07) is 0. The zero-order chi connectivity index (χ0) is 9.45. The van der Waals surface area contributed by atoms with Crippen LogP contribution in [-0.2, 0) is 28.2 Å². The van der Waals surface area contributed by atoms with Crippen molar-refractivity contribution in [1.29, 1.82) is 0 Å². The van der Waals surface area contributed by atoms with Gasteiger partial charge in [0, 0.05) is 0 Å². The number of hydrogen-bond donors (Lipinski definition) is 0. The number of phosphoric acid groups is 1. The van der Waals surface area contributed by atoms with Gasteiger partial charge in [-0.25, -0.2) is 14.3 Å². The topological polar surface area (TPSA) is 63.2 Å². The standard InChI is InChI=1S/C5H12O6P/c1-4-5-9-12(6,10-7-2)11-8-3/h1,4-5H2,2-3H3. The van der Waals surface area contributed by atoms with Crippen molar-refractivity contribution in [2.24, 2.45) is 0 Å². The Morgan fingerprint density at radius 2 is 1.75 bits per heavy atom. The Hall–Kier alpha value is 0.0300. The summed E-state index contributed by atoms with van der Waals surface area (Å²) in [4.78, 5) is 8.29. The van der Waals surface area contributed by atoms with Crippen LogP contribution in [0.5, 0.6) is 0 Å². The SMILES string of the molecule is [CH2]CCOP(=O)(OOC)OOC. The third kappa shape index (κ3) is 4.82. The molecule has 6 nitrogen and oxygen atoms in total. The van der Waals surface area contributed by atoms with E-state index in [0.717, 1.165) is 0 Å². The van der Waals surface area contributed by atoms with Crippen LogP contribution in [0.1, 0.15) is 6.42 Å². The Morgan fingerprint density at radius 1 is 1.25 bits per heavy atom. The quantitative estimate of drug-likeness (QED) is 0.351. The van der Waals surface area contributed by atoms with Crippen molar-refractivity contribution in [3.05, 3.63) is 6.92 Å². The Balaban J connectivity index is 3.90. The third-order valence-electron chi connectivity index (χ3n) is 0.725. The molecule has 0 heterocycles. The fourth-order valence-corrected chi connectivity index (χ4v) is 1.24. The molecule has 0 rings (SSSR count). The first-order valence-electron chi connectivity index (χ1n) is 3.17. The molecule has 0 fully saturated rings. The molecule has 73 valence electrons. The third-order valence-corrected chi connectivity index (χ3v) is 1.89. The molecule has 0 unspecified atom stereocenters. The molecule has 0 saturated carbocycles. The fraction of sp³-hybridized carbons (Fsp3) is 0.800. The Kier molecular flexibility index (Phi) is 6.55. The van der Waals surface area contributed by atoms with Gasteiger partial charge in [0.05, 0.1) is 20.8 Å². The van der Waals surface area contributed by atoms with Gasteiger partial charge in [-0.15, -0.1) is 9.35 Å². The lowest BCUT2D eigenvalue weighted by molar-refractivity contribution is -0.259. The molecule has 0 aliphatic heterocycles. The summed E-state index contributed by atoms with van der Waals surface area (Å²) >= 11 is 0. The maximum absolute atomic E-state index is 11.2. The minimum absolute atomic E-state index is 0.129. The first-order valence-corrected chi connectivity index (χ1v) is 4.63. The molecule has 0 amide bonds. The molecule has 12 heavy (non-hydrogen) atoms.